The highest BCUT2D eigenvalue weighted by Crippen LogP contribution is 2.43. The Bertz CT molecular complexity index is 1190. The van der Waals surface area contributed by atoms with Crippen LogP contribution < -0.4 is 0 Å². The van der Waals surface area contributed by atoms with Gasteiger partial charge in [0.25, 0.3) is 0 Å². The van der Waals surface area contributed by atoms with Gasteiger partial charge in [0, 0.05) is 15.1 Å². The van der Waals surface area contributed by atoms with Gasteiger partial charge in [-0.1, -0.05) is 82.1 Å². The molecule has 0 aliphatic rings. The zero-order valence-electron chi connectivity index (χ0n) is 12.7. The van der Waals surface area contributed by atoms with E-state index in [1.165, 1.54) is 43.4 Å². The smallest absolute Gasteiger partial charge is 0.0406 e. The molecule has 0 fully saturated rings. The first-order valence-corrected chi connectivity index (χ1v) is 9.01. The third kappa shape index (κ3) is 1.98. The summed E-state index contributed by atoms with van der Waals surface area (Å²) >= 11 is 9.85. The van der Waals surface area contributed by atoms with Gasteiger partial charge in [-0.3, -0.25) is 0 Å². The molecule has 5 aromatic rings. The van der Waals surface area contributed by atoms with Gasteiger partial charge < -0.3 is 0 Å². The van der Waals surface area contributed by atoms with Crippen LogP contribution in [0.2, 0.25) is 5.02 Å². The van der Waals surface area contributed by atoms with E-state index in [1.807, 2.05) is 12.1 Å². The number of rotatable bonds is 1. The second-order valence-electron chi connectivity index (χ2n) is 6.10. The Labute approximate surface area is 153 Å². The van der Waals surface area contributed by atoms with Gasteiger partial charge in [0.15, 0.2) is 0 Å². The molecule has 0 saturated carbocycles. The highest BCUT2D eigenvalue weighted by molar-refractivity contribution is 9.10. The molecule has 0 amide bonds. The van der Waals surface area contributed by atoms with Crippen LogP contribution in [0.25, 0.3) is 43.4 Å². The summed E-state index contributed by atoms with van der Waals surface area (Å²) in [5, 5.41) is 8.54. The fourth-order valence-electron chi connectivity index (χ4n) is 3.68. The molecule has 0 spiro atoms. The van der Waals surface area contributed by atoms with Crippen molar-refractivity contribution in [3.63, 3.8) is 0 Å². The summed E-state index contributed by atoms with van der Waals surface area (Å²) in [4.78, 5) is 0. The lowest BCUT2D eigenvalue weighted by Gasteiger charge is -2.16. The van der Waals surface area contributed by atoms with E-state index < -0.39 is 0 Å². The van der Waals surface area contributed by atoms with Crippen LogP contribution in [-0.4, -0.2) is 0 Å². The number of benzene rings is 5. The quantitative estimate of drug-likeness (QED) is 0.257. The fourth-order valence-corrected chi connectivity index (χ4v) is 4.50. The molecule has 0 nitrogen and oxygen atoms in total. The summed E-state index contributed by atoms with van der Waals surface area (Å²) in [5.41, 5.74) is 2.39. The van der Waals surface area contributed by atoms with Crippen molar-refractivity contribution in [1.29, 1.82) is 0 Å². The largest absolute Gasteiger partial charge is 0.0843 e. The lowest BCUT2D eigenvalue weighted by molar-refractivity contribution is 1.64. The minimum absolute atomic E-state index is 0.757. The highest BCUT2D eigenvalue weighted by atomic mass is 79.9. The van der Waals surface area contributed by atoms with Gasteiger partial charge in [-0.25, -0.2) is 0 Å². The summed E-state index contributed by atoms with van der Waals surface area (Å²) in [6.07, 6.45) is 0. The van der Waals surface area contributed by atoms with E-state index in [2.05, 4.69) is 76.6 Å². The monoisotopic (exact) mass is 390 g/mol. The standard InChI is InChI=1S/C22H12BrCl/c23-19-12-16-5-4-13-2-1-3-14-8-11-18(22(16)20(13)14)21(19)15-6-9-17(24)10-7-15/h1-12H. The summed E-state index contributed by atoms with van der Waals surface area (Å²) < 4.78 is 1.11. The lowest BCUT2D eigenvalue weighted by atomic mass is 9.90. The molecule has 0 saturated heterocycles. The zero-order valence-corrected chi connectivity index (χ0v) is 15.0. The van der Waals surface area contributed by atoms with E-state index in [1.54, 1.807) is 0 Å². The zero-order chi connectivity index (χ0) is 16.3. The van der Waals surface area contributed by atoms with Crippen LogP contribution in [0.3, 0.4) is 0 Å². The van der Waals surface area contributed by atoms with Gasteiger partial charge in [0.2, 0.25) is 0 Å². The molecule has 0 aliphatic carbocycles. The van der Waals surface area contributed by atoms with E-state index in [9.17, 15) is 0 Å². The molecule has 114 valence electrons. The normalized spacial score (nSPS) is 11.8. The molecule has 0 N–H and O–H groups in total. The minimum atomic E-state index is 0.757. The van der Waals surface area contributed by atoms with Crippen LogP contribution in [0, 0.1) is 0 Å². The third-order valence-corrected chi connectivity index (χ3v) is 5.61. The van der Waals surface area contributed by atoms with Gasteiger partial charge in [-0.05, 0) is 56.1 Å². The second-order valence-corrected chi connectivity index (χ2v) is 7.39. The molecule has 0 unspecified atom stereocenters. The summed E-state index contributed by atoms with van der Waals surface area (Å²) in [6.45, 7) is 0. The molecule has 0 heterocycles. The molecule has 0 aliphatic heterocycles. The molecule has 0 radical (unpaired) electrons. The van der Waals surface area contributed by atoms with Crippen LogP contribution in [0.4, 0.5) is 0 Å². The highest BCUT2D eigenvalue weighted by Gasteiger charge is 2.14. The second kappa shape index (κ2) is 5.20. The van der Waals surface area contributed by atoms with E-state index >= 15 is 0 Å². The van der Waals surface area contributed by atoms with Gasteiger partial charge in [0.05, 0.1) is 0 Å². The summed E-state index contributed by atoms with van der Waals surface area (Å²) in [6, 6.07) is 25.6. The average molecular weight is 392 g/mol. The molecule has 5 aromatic carbocycles. The van der Waals surface area contributed by atoms with Crippen molar-refractivity contribution in [1.82, 2.24) is 0 Å². The number of hydrogen-bond donors (Lipinski definition) is 0. The van der Waals surface area contributed by atoms with Crippen molar-refractivity contribution in [2.24, 2.45) is 0 Å². The van der Waals surface area contributed by atoms with Crippen molar-refractivity contribution < 1.29 is 0 Å². The van der Waals surface area contributed by atoms with Gasteiger partial charge in [0.1, 0.15) is 0 Å². The van der Waals surface area contributed by atoms with Crippen molar-refractivity contribution in [2.75, 3.05) is 0 Å². The number of halogens is 2. The minimum Gasteiger partial charge on any atom is -0.0843 e. The maximum Gasteiger partial charge on any atom is 0.0406 e. The van der Waals surface area contributed by atoms with Crippen molar-refractivity contribution in [3.8, 4) is 11.1 Å². The molecule has 2 heteroatoms. The van der Waals surface area contributed by atoms with Crippen molar-refractivity contribution in [3.05, 3.63) is 82.3 Å². The Morgan fingerprint density at radius 2 is 1.33 bits per heavy atom. The van der Waals surface area contributed by atoms with Crippen LogP contribution in [-0.2, 0) is 0 Å². The first-order valence-electron chi connectivity index (χ1n) is 7.84. The van der Waals surface area contributed by atoms with Crippen LogP contribution in [0.5, 0.6) is 0 Å². The van der Waals surface area contributed by atoms with Gasteiger partial charge >= 0.3 is 0 Å². The van der Waals surface area contributed by atoms with Crippen LogP contribution in [0.1, 0.15) is 0 Å². The van der Waals surface area contributed by atoms with E-state index in [-0.39, 0.29) is 0 Å². The Balaban J connectivity index is 2.00. The Morgan fingerprint density at radius 3 is 2.08 bits per heavy atom. The van der Waals surface area contributed by atoms with E-state index in [4.69, 9.17) is 11.6 Å². The molecule has 5 rings (SSSR count). The summed E-state index contributed by atoms with van der Waals surface area (Å²) in [7, 11) is 0. The predicted octanol–water partition coefficient (Wildman–Crippen LogP) is 7.67. The SMILES string of the molecule is Clc1ccc(-c2c(Br)cc3ccc4cccc5ccc2c3c45)cc1. The van der Waals surface area contributed by atoms with Gasteiger partial charge in [-0.2, -0.15) is 0 Å². The Morgan fingerprint density at radius 1 is 0.667 bits per heavy atom. The molecular weight excluding hydrogens is 380 g/mol. The Kier molecular flexibility index (Phi) is 3.09. The van der Waals surface area contributed by atoms with Crippen LogP contribution in [0.15, 0.2) is 77.3 Å². The molecule has 24 heavy (non-hydrogen) atoms. The maximum absolute atomic E-state index is 6.07. The molecule has 0 atom stereocenters. The topological polar surface area (TPSA) is 0 Å². The maximum atomic E-state index is 6.07. The number of hydrogen-bond acceptors (Lipinski definition) is 0. The first-order chi connectivity index (χ1) is 11.7. The lowest BCUT2D eigenvalue weighted by Crippen LogP contribution is -1.88. The van der Waals surface area contributed by atoms with E-state index in [0.29, 0.717) is 0 Å². The Hall–Kier alpha value is -2.09. The van der Waals surface area contributed by atoms with Crippen molar-refractivity contribution in [2.45, 2.75) is 0 Å². The van der Waals surface area contributed by atoms with Crippen molar-refractivity contribution >= 4 is 59.8 Å². The van der Waals surface area contributed by atoms with Crippen LogP contribution >= 0.6 is 27.5 Å². The molecule has 0 bridgehead atoms. The first kappa shape index (κ1) is 14.3. The molecule has 0 aromatic heterocycles. The summed E-state index contributed by atoms with van der Waals surface area (Å²) in [5.74, 6) is 0. The van der Waals surface area contributed by atoms with Gasteiger partial charge in [-0.15, -0.1) is 0 Å². The predicted molar refractivity (Wildman–Crippen MR) is 108 cm³/mol. The fraction of sp³-hybridized carbons (Fsp3) is 0. The average Bonchev–Trinajstić information content (AvgIpc) is 2.60. The third-order valence-electron chi connectivity index (χ3n) is 4.73. The van der Waals surface area contributed by atoms with E-state index in [0.717, 1.165) is 9.50 Å². The molecular formula is C22H12BrCl.